The highest BCUT2D eigenvalue weighted by Gasteiger charge is 2.52. The summed E-state index contributed by atoms with van der Waals surface area (Å²) in [5.41, 5.74) is -0.590. The Morgan fingerprint density at radius 2 is 2.07 bits per heavy atom. The molecule has 0 saturated carbocycles. The number of carboxylic acid groups (broad SMARTS) is 1. The lowest BCUT2D eigenvalue weighted by Crippen LogP contribution is -2.34. The normalized spacial score (nSPS) is 20.3. The average molecular weight is 391 g/mol. The molecule has 1 aliphatic heterocycles. The van der Waals surface area contributed by atoms with Gasteiger partial charge in [0.1, 0.15) is 11.4 Å². The molecule has 0 aromatic heterocycles. The van der Waals surface area contributed by atoms with Crippen LogP contribution in [0.25, 0.3) is 0 Å². The molecule has 27 heavy (non-hydrogen) atoms. The molecule has 1 aromatic carbocycles. The Morgan fingerprint density at radius 1 is 1.41 bits per heavy atom. The molecule has 0 radical (unpaired) electrons. The van der Waals surface area contributed by atoms with Crippen molar-refractivity contribution >= 4 is 23.3 Å². The summed E-state index contributed by atoms with van der Waals surface area (Å²) in [5.74, 6) is -5.95. The third-order valence-corrected chi connectivity index (χ3v) is 4.18. The maximum Gasteiger partial charge on any atom is 0.393 e. The van der Waals surface area contributed by atoms with Gasteiger partial charge in [0.15, 0.2) is 0 Å². The van der Waals surface area contributed by atoms with E-state index < -0.39 is 60.1 Å². The fourth-order valence-corrected chi connectivity index (χ4v) is 2.88. The quantitative estimate of drug-likeness (QED) is 0.559. The molecule has 2 rings (SSSR count). The van der Waals surface area contributed by atoms with E-state index in [9.17, 15) is 32.9 Å². The molecule has 12 heteroatoms. The lowest BCUT2D eigenvalue weighted by molar-refractivity contribution is -0.384. The summed E-state index contributed by atoms with van der Waals surface area (Å²) in [5, 5.41) is 22.3. The van der Waals surface area contributed by atoms with Crippen molar-refractivity contribution in [3.8, 4) is 5.75 Å². The van der Waals surface area contributed by atoms with Crippen LogP contribution >= 0.6 is 0 Å². The highest BCUT2D eigenvalue weighted by Crippen LogP contribution is 2.37. The number of halogens is 3. The van der Waals surface area contributed by atoms with Gasteiger partial charge in [-0.2, -0.15) is 13.2 Å². The largest absolute Gasteiger partial charge is 0.496 e. The number of methoxy groups -OCH3 is 1. The molecule has 9 nitrogen and oxygen atoms in total. The zero-order chi connectivity index (χ0) is 20.4. The van der Waals surface area contributed by atoms with E-state index in [0.29, 0.717) is 0 Å². The SMILES string of the molecule is COc1ccc(NC(=O)CN2C[C@@H](C(F)(F)F)[C@H](C(=O)O)C2)c([N+](=O)[O-])c1. The van der Waals surface area contributed by atoms with Gasteiger partial charge in [0, 0.05) is 13.1 Å². The van der Waals surface area contributed by atoms with Crippen LogP contribution in [0.15, 0.2) is 18.2 Å². The van der Waals surface area contributed by atoms with Crippen molar-refractivity contribution in [1.82, 2.24) is 4.90 Å². The van der Waals surface area contributed by atoms with Crippen LogP contribution in [0.5, 0.6) is 5.75 Å². The van der Waals surface area contributed by atoms with E-state index in [-0.39, 0.29) is 11.4 Å². The number of carboxylic acids is 1. The summed E-state index contributed by atoms with van der Waals surface area (Å²) in [7, 11) is 1.31. The van der Waals surface area contributed by atoms with Crippen LogP contribution in [0.1, 0.15) is 0 Å². The maximum atomic E-state index is 13.0. The Hall–Kier alpha value is -2.89. The molecule has 1 saturated heterocycles. The van der Waals surface area contributed by atoms with Crippen molar-refractivity contribution in [3.63, 3.8) is 0 Å². The second-order valence-electron chi connectivity index (χ2n) is 5.98. The average Bonchev–Trinajstić information content (AvgIpc) is 2.99. The summed E-state index contributed by atoms with van der Waals surface area (Å²) in [4.78, 5) is 34.5. The number of amides is 1. The standard InChI is InChI=1S/C15H16F3N3O6/c1-27-8-2-3-11(12(4-8)21(25)26)19-13(22)7-20-5-9(14(23)24)10(6-20)15(16,17)18/h2-4,9-10H,5-7H2,1H3,(H,19,22)(H,23,24)/t9-,10-/m1/s1. The number of ether oxygens (including phenoxy) is 1. The number of nitrogens with zero attached hydrogens (tertiary/aromatic N) is 2. The van der Waals surface area contributed by atoms with Crippen LogP contribution in [-0.2, 0) is 9.59 Å². The number of alkyl halides is 3. The fourth-order valence-electron chi connectivity index (χ4n) is 2.88. The number of hydrogen-bond acceptors (Lipinski definition) is 6. The number of anilines is 1. The third-order valence-electron chi connectivity index (χ3n) is 4.18. The molecule has 0 unspecified atom stereocenters. The fraction of sp³-hybridized carbons (Fsp3) is 0.467. The number of benzene rings is 1. The van der Waals surface area contributed by atoms with Crippen LogP contribution in [0.4, 0.5) is 24.5 Å². The minimum Gasteiger partial charge on any atom is -0.496 e. The Labute approximate surface area is 150 Å². The summed E-state index contributed by atoms with van der Waals surface area (Å²) in [6.07, 6.45) is -4.71. The molecule has 2 atom stereocenters. The van der Waals surface area contributed by atoms with Gasteiger partial charge >= 0.3 is 12.1 Å². The summed E-state index contributed by atoms with van der Waals surface area (Å²) >= 11 is 0. The number of carbonyl (C=O) groups is 2. The van der Waals surface area contributed by atoms with Crippen LogP contribution in [-0.4, -0.2) is 59.7 Å². The van der Waals surface area contributed by atoms with Crippen LogP contribution in [0.3, 0.4) is 0 Å². The first-order valence-electron chi connectivity index (χ1n) is 7.67. The molecular weight excluding hydrogens is 375 g/mol. The Bertz CT molecular complexity index is 755. The van der Waals surface area contributed by atoms with Crippen LogP contribution in [0.2, 0.25) is 0 Å². The highest BCUT2D eigenvalue weighted by molar-refractivity contribution is 5.94. The topological polar surface area (TPSA) is 122 Å². The molecule has 1 fully saturated rings. The van der Waals surface area contributed by atoms with Gasteiger partial charge < -0.3 is 15.2 Å². The second kappa shape index (κ2) is 7.78. The summed E-state index contributed by atoms with van der Waals surface area (Å²) in [6.45, 7) is -1.62. The number of rotatable bonds is 6. The van der Waals surface area contributed by atoms with Gasteiger partial charge in [-0.05, 0) is 12.1 Å². The second-order valence-corrected chi connectivity index (χ2v) is 5.98. The van der Waals surface area contributed by atoms with Crippen molar-refractivity contribution in [3.05, 3.63) is 28.3 Å². The van der Waals surface area contributed by atoms with Crippen LogP contribution in [0, 0.1) is 22.0 Å². The number of nitro benzene ring substituents is 1. The minimum atomic E-state index is -4.71. The van der Waals surface area contributed by atoms with Gasteiger partial charge in [-0.3, -0.25) is 24.6 Å². The third kappa shape index (κ3) is 4.84. The number of nitrogens with one attached hydrogen (secondary N) is 1. The molecule has 0 spiro atoms. The van der Waals surface area contributed by atoms with Crippen molar-refractivity contribution in [2.24, 2.45) is 11.8 Å². The van der Waals surface area contributed by atoms with Crippen molar-refractivity contribution in [1.29, 1.82) is 0 Å². The first-order valence-corrected chi connectivity index (χ1v) is 7.67. The Kier molecular flexibility index (Phi) is 5.88. The van der Waals surface area contributed by atoms with E-state index in [1.807, 2.05) is 0 Å². The molecule has 2 N–H and O–H groups in total. The van der Waals surface area contributed by atoms with Gasteiger partial charge in [-0.1, -0.05) is 0 Å². The zero-order valence-corrected chi connectivity index (χ0v) is 14.0. The molecule has 1 amide bonds. The van der Waals surface area contributed by atoms with E-state index in [4.69, 9.17) is 9.84 Å². The summed E-state index contributed by atoms with van der Waals surface area (Å²) in [6, 6.07) is 3.70. The first kappa shape index (κ1) is 20.4. The molecule has 1 aromatic rings. The first-order chi connectivity index (χ1) is 12.5. The van der Waals surface area contributed by atoms with Crippen molar-refractivity contribution < 1.29 is 37.5 Å². The van der Waals surface area contributed by atoms with Crippen molar-refractivity contribution in [2.45, 2.75) is 6.18 Å². The number of aliphatic carboxylic acids is 1. The van der Waals surface area contributed by atoms with Gasteiger partial charge in [0.05, 0.1) is 36.5 Å². The lowest BCUT2D eigenvalue weighted by Gasteiger charge is -2.18. The number of hydrogen-bond donors (Lipinski definition) is 2. The molecule has 1 heterocycles. The van der Waals surface area contributed by atoms with Gasteiger partial charge in [0.2, 0.25) is 5.91 Å². The Morgan fingerprint density at radius 3 is 2.56 bits per heavy atom. The smallest absolute Gasteiger partial charge is 0.393 e. The van der Waals surface area contributed by atoms with Crippen LogP contribution < -0.4 is 10.1 Å². The van der Waals surface area contributed by atoms with E-state index in [2.05, 4.69) is 5.32 Å². The van der Waals surface area contributed by atoms with Gasteiger partial charge in [-0.25, -0.2) is 0 Å². The molecule has 148 valence electrons. The molecular formula is C15H16F3N3O6. The van der Waals surface area contributed by atoms with Gasteiger partial charge in [-0.15, -0.1) is 0 Å². The highest BCUT2D eigenvalue weighted by atomic mass is 19.4. The van der Waals surface area contributed by atoms with Crippen molar-refractivity contribution in [2.75, 3.05) is 32.1 Å². The lowest BCUT2D eigenvalue weighted by atomic mass is 9.96. The van der Waals surface area contributed by atoms with E-state index in [0.717, 1.165) is 11.0 Å². The van der Waals surface area contributed by atoms with E-state index in [1.165, 1.54) is 19.2 Å². The zero-order valence-electron chi connectivity index (χ0n) is 14.0. The number of likely N-dealkylation sites (tertiary alicyclic amines) is 1. The van der Waals surface area contributed by atoms with E-state index in [1.54, 1.807) is 0 Å². The predicted molar refractivity (Wildman–Crippen MR) is 85.4 cm³/mol. The molecule has 1 aliphatic rings. The molecule has 0 bridgehead atoms. The maximum absolute atomic E-state index is 13.0. The predicted octanol–water partition coefficient (Wildman–Crippen LogP) is 1.74. The van der Waals surface area contributed by atoms with Gasteiger partial charge in [0.25, 0.3) is 5.69 Å². The minimum absolute atomic E-state index is 0.146. The molecule has 0 aliphatic carbocycles. The monoisotopic (exact) mass is 391 g/mol. The Balaban J connectivity index is 2.08. The summed E-state index contributed by atoms with van der Waals surface area (Å²) < 4.78 is 43.8. The number of nitro groups is 1. The van der Waals surface area contributed by atoms with E-state index >= 15 is 0 Å². The number of carbonyl (C=O) groups excluding carboxylic acids is 1.